The molecule has 2 aromatic carbocycles. The molecule has 0 radical (unpaired) electrons. The highest BCUT2D eigenvalue weighted by molar-refractivity contribution is 6.01. The summed E-state index contributed by atoms with van der Waals surface area (Å²) in [5.41, 5.74) is 0.655. The van der Waals surface area contributed by atoms with Gasteiger partial charge in [0, 0.05) is 22.9 Å². The quantitative estimate of drug-likeness (QED) is 0.695. The average molecular weight is 363 g/mol. The zero-order chi connectivity index (χ0) is 18.8. The minimum absolute atomic E-state index is 0.00380. The molecule has 27 heavy (non-hydrogen) atoms. The van der Waals surface area contributed by atoms with E-state index >= 15 is 0 Å². The van der Waals surface area contributed by atoms with E-state index in [2.05, 4.69) is 21.4 Å². The van der Waals surface area contributed by atoms with Gasteiger partial charge in [-0.3, -0.25) is 0 Å². The summed E-state index contributed by atoms with van der Waals surface area (Å²) in [6.45, 7) is 1.40. The summed E-state index contributed by atoms with van der Waals surface area (Å²) in [6.07, 6.45) is 7.25. The number of rotatable bonds is 3. The van der Waals surface area contributed by atoms with Crippen LogP contribution >= 0.6 is 0 Å². The molecule has 1 atom stereocenters. The van der Waals surface area contributed by atoms with Crippen LogP contribution in [0.15, 0.2) is 36.4 Å². The second-order valence-corrected chi connectivity index (χ2v) is 6.47. The number of anilines is 1. The summed E-state index contributed by atoms with van der Waals surface area (Å²) in [5, 5.41) is 23.8. The van der Waals surface area contributed by atoms with E-state index in [1.165, 1.54) is 6.07 Å². The number of hydrogen-bond acceptors (Lipinski definition) is 5. The maximum atomic E-state index is 14.3. The van der Waals surface area contributed by atoms with E-state index in [-0.39, 0.29) is 17.2 Å². The lowest BCUT2D eigenvalue weighted by Crippen LogP contribution is -2.30. The van der Waals surface area contributed by atoms with Crippen LogP contribution in [0.25, 0.3) is 22.0 Å². The number of aromatic hydroxyl groups is 1. The molecule has 4 rings (SSSR count). The summed E-state index contributed by atoms with van der Waals surface area (Å²) < 4.78 is 19.8. The average Bonchev–Trinajstić information content (AvgIpc) is 2.71. The summed E-state index contributed by atoms with van der Waals surface area (Å²) in [4.78, 5) is 0. The summed E-state index contributed by atoms with van der Waals surface area (Å²) in [5.74, 6) is 1.50. The first-order valence-corrected chi connectivity index (χ1v) is 8.77. The number of aromatic nitrogens is 2. The molecule has 0 spiro atoms. The predicted octanol–water partition coefficient (Wildman–Crippen LogP) is 3.71. The van der Waals surface area contributed by atoms with Gasteiger partial charge in [-0.15, -0.1) is 16.6 Å². The van der Waals surface area contributed by atoms with E-state index in [1.54, 1.807) is 6.07 Å². The number of halogens is 1. The van der Waals surface area contributed by atoms with Crippen molar-refractivity contribution in [2.45, 2.75) is 18.9 Å². The number of fused-ring (bicyclic) bond motifs is 1. The molecule has 1 aliphatic rings. The first-order valence-electron chi connectivity index (χ1n) is 8.77. The normalized spacial score (nSPS) is 16.8. The van der Waals surface area contributed by atoms with Gasteiger partial charge in [0.05, 0.1) is 18.2 Å². The van der Waals surface area contributed by atoms with Gasteiger partial charge >= 0.3 is 0 Å². The number of nitrogens with one attached hydrogen (secondary N) is 1. The summed E-state index contributed by atoms with van der Waals surface area (Å²) >= 11 is 0. The van der Waals surface area contributed by atoms with Crippen molar-refractivity contribution in [2.24, 2.45) is 0 Å². The molecule has 0 bridgehead atoms. The molecule has 0 amide bonds. The third kappa shape index (κ3) is 3.18. The fraction of sp³-hybridized carbons (Fsp3) is 0.238. The van der Waals surface area contributed by atoms with E-state index in [1.807, 2.05) is 24.3 Å². The Morgan fingerprint density at radius 2 is 2.00 bits per heavy atom. The van der Waals surface area contributed by atoms with Gasteiger partial charge in [0.1, 0.15) is 5.69 Å². The zero-order valence-electron chi connectivity index (χ0n) is 14.6. The van der Waals surface area contributed by atoms with Gasteiger partial charge in [-0.2, -0.15) is 0 Å². The van der Waals surface area contributed by atoms with Gasteiger partial charge in [-0.1, -0.05) is 30.2 Å². The van der Waals surface area contributed by atoms with Gasteiger partial charge in [-0.25, -0.2) is 4.39 Å². The lowest BCUT2D eigenvalue weighted by atomic mass is 10.0. The first-order chi connectivity index (χ1) is 13.2. The van der Waals surface area contributed by atoms with Gasteiger partial charge in [-0.05, 0) is 25.0 Å². The Morgan fingerprint density at radius 1 is 1.19 bits per heavy atom. The second kappa shape index (κ2) is 7.22. The Labute approximate surface area is 156 Å². The van der Waals surface area contributed by atoms with Gasteiger partial charge in [0.15, 0.2) is 17.4 Å². The highest BCUT2D eigenvalue weighted by Gasteiger charge is 2.20. The van der Waals surface area contributed by atoms with Crippen LogP contribution < -0.4 is 5.32 Å². The molecule has 1 fully saturated rings. The van der Waals surface area contributed by atoms with Crippen LogP contribution in [0.2, 0.25) is 0 Å². The fourth-order valence-electron chi connectivity index (χ4n) is 3.32. The summed E-state index contributed by atoms with van der Waals surface area (Å²) in [6, 6.07) is 10.7. The number of terminal acetylenes is 1. The van der Waals surface area contributed by atoms with E-state index in [0.29, 0.717) is 18.1 Å². The molecule has 5 nitrogen and oxygen atoms in total. The van der Waals surface area contributed by atoms with E-state index < -0.39 is 11.6 Å². The molecule has 0 unspecified atom stereocenters. The molecule has 2 heterocycles. The van der Waals surface area contributed by atoms with Crippen LogP contribution in [0.1, 0.15) is 18.4 Å². The lowest BCUT2D eigenvalue weighted by Gasteiger charge is -2.24. The maximum Gasteiger partial charge on any atom is 0.181 e. The second-order valence-electron chi connectivity index (χ2n) is 6.47. The van der Waals surface area contributed by atoms with Gasteiger partial charge < -0.3 is 15.2 Å². The van der Waals surface area contributed by atoms with Crippen molar-refractivity contribution in [3.63, 3.8) is 0 Å². The molecule has 1 aromatic heterocycles. The molecule has 136 valence electrons. The fourth-order valence-corrected chi connectivity index (χ4v) is 3.32. The van der Waals surface area contributed by atoms with Crippen LogP contribution in [0.3, 0.4) is 0 Å². The Morgan fingerprint density at radius 3 is 2.74 bits per heavy atom. The minimum atomic E-state index is -0.831. The number of phenols is 1. The lowest BCUT2D eigenvalue weighted by molar-refractivity contribution is 0.0875. The number of hydrogen-bond donors (Lipinski definition) is 2. The monoisotopic (exact) mass is 363 g/mol. The molecular formula is C21H18FN3O2. The maximum absolute atomic E-state index is 14.3. The zero-order valence-corrected chi connectivity index (χ0v) is 14.6. The number of nitrogens with zero attached hydrogens (tertiary/aromatic N) is 2. The standard InChI is InChI=1S/C21H18FN3O2/c1-2-13-9-10-17(20(26)18(13)22)19-15-7-3-4-8-16(15)21(25-24-19)23-14-6-5-11-27-12-14/h1,3-4,7-10,14,26H,5-6,11-12H2,(H,23,25)/t14-/m1/s1. The molecule has 0 saturated carbocycles. The molecule has 3 aromatic rings. The number of benzene rings is 2. The van der Waals surface area contributed by atoms with Crippen LogP contribution in [-0.4, -0.2) is 34.6 Å². The molecule has 2 N–H and O–H groups in total. The molecule has 1 aliphatic heterocycles. The van der Waals surface area contributed by atoms with Crippen LogP contribution in [-0.2, 0) is 4.74 Å². The SMILES string of the molecule is C#Cc1ccc(-c2nnc(N[C@@H]3CCCOC3)c3ccccc23)c(O)c1F. The molecule has 6 heteroatoms. The van der Waals surface area contributed by atoms with Crippen molar-refractivity contribution in [2.75, 3.05) is 18.5 Å². The van der Waals surface area contributed by atoms with Crippen LogP contribution in [0, 0.1) is 18.2 Å². The Hall–Kier alpha value is -3.17. The Balaban J connectivity index is 1.81. The molecule has 1 saturated heterocycles. The van der Waals surface area contributed by atoms with Crippen molar-refractivity contribution < 1.29 is 14.2 Å². The third-order valence-corrected chi connectivity index (χ3v) is 4.72. The van der Waals surface area contributed by atoms with Crippen molar-refractivity contribution in [3.05, 3.63) is 47.8 Å². The predicted molar refractivity (Wildman–Crippen MR) is 102 cm³/mol. The third-order valence-electron chi connectivity index (χ3n) is 4.72. The smallest absolute Gasteiger partial charge is 0.181 e. The van der Waals surface area contributed by atoms with Gasteiger partial charge in [0.25, 0.3) is 0 Å². The topological polar surface area (TPSA) is 67.3 Å². The van der Waals surface area contributed by atoms with Gasteiger partial charge in [0.2, 0.25) is 0 Å². The largest absolute Gasteiger partial charge is 0.504 e. The Kier molecular flexibility index (Phi) is 4.61. The molecule has 0 aliphatic carbocycles. The number of ether oxygens (including phenoxy) is 1. The van der Waals surface area contributed by atoms with Crippen molar-refractivity contribution in [3.8, 4) is 29.4 Å². The van der Waals surface area contributed by atoms with Crippen molar-refractivity contribution in [1.82, 2.24) is 10.2 Å². The van der Waals surface area contributed by atoms with E-state index in [9.17, 15) is 9.50 Å². The van der Waals surface area contributed by atoms with Crippen molar-refractivity contribution in [1.29, 1.82) is 0 Å². The molecular weight excluding hydrogens is 345 g/mol. The van der Waals surface area contributed by atoms with E-state index in [0.717, 1.165) is 30.2 Å². The highest BCUT2D eigenvalue weighted by Crippen LogP contribution is 2.37. The first kappa shape index (κ1) is 17.3. The summed E-state index contributed by atoms with van der Waals surface area (Å²) in [7, 11) is 0. The van der Waals surface area contributed by atoms with Crippen LogP contribution in [0.5, 0.6) is 5.75 Å². The number of phenolic OH excluding ortho intramolecular Hbond substituents is 1. The van der Waals surface area contributed by atoms with Crippen molar-refractivity contribution >= 4 is 16.6 Å². The van der Waals surface area contributed by atoms with Crippen LogP contribution in [0.4, 0.5) is 10.2 Å². The minimum Gasteiger partial charge on any atom is -0.504 e. The van der Waals surface area contributed by atoms with E-state index in [4.69, 9.17) is 11.2 Å². The highest BCUT2D eigenvalue weighted by atomic mass is 19.1. The Bertz CT molecular complexity index is 1040.